The first-order chi connectivity index (χ1) is 8.81. The number of aromatic nitrogens is 1. The molecule has 0 N–H and O–H groups in total. The van der Waals surface area contributed by atoms with Crippen LogP contribution in [0.4, 0.5) is 5.13 Å². The van der Waals surface area contributed by atoms with Crippen molar-refractivity contribution in [2.24, 2.45) is 5.92 Å². The predicted molar refractivity (Wildman–Crippen MR) is 82.5 cm³/mol. The highest BCUT2D eigenvalue weighted by Crippen LogP contribution is 2.27. The second-order valence-corrected chi connectivity index (χ2v) is 6.59. The lowest BCUT2D eigenvalue weighted by Crippen LogP contribution is -2.34. The SMILES string of the molecule is CC(=O)c1sc(N(CCN(C)C)CC(C)C)nc1C. The molecule has 0 aliphatic rings. The van der Waals surface area contributed by atoms with Gasteiger partial charge in [-0.3, -0.25) is 4.79 Å². The zero-order chi connectivity index (χ0) is 14.6. The summed E-state index contributed by atoms with van der Waals surface area (Å²) in [6.07, 6.45) is 0. The molecule has 5 heteroatoms. The smallest absolute Gasteiger partial charge is 0.186 e. The minimum Gasteiger partial charge on any atom is -0.347 e. The van der Waals surface area contributed by atoms with Gasteiger partial charge in [0.25, 0.3) is 0 Å². The van der Waals surface area contributed by atoms with Crippen molar-refractivity contribution in [3.05, 3.63) is 10.6 Å². The number of nitrogens with zero attached hydrogens (tertiary/aromatic N) is 3. The standard InChI is InChI=1S/C14H25N3OS/c1-10(2)9-17(8-7-16(5)6)14-15-11(3)13(19-14)12(4)18/h10H,7-9H2,1-6H3. The fraction of sp³-hybridized carbons (Fsp3) is 0.714. The number of rotatable bonds is 7. The highest BCUT2D eigenvalue weighted by Gasteiger charge is 2.17. The molecule has 19 heavy (non-hydrogen) atoms. The van der Waals surface area contributed by atoms with Gasteiger partial charge in [-0.15, -0.1) is 0 Å². The molecule has 0 aliphatic carbocycles. The van der Waals surface area contributed by atoms with Crippen molar-refractivity contribution in [2.75, 3.05) is 38.6 Å². The Labute approximate surface area is 120 Å². The summed E-state index contributed by atoms with van der Waals surface area (Å²) in [4.78, 5) is 21.3. The third-order valence-electron chi connectivity index (χ3n) is 2.78. The number of likely N-dealkylation sites (N-methyl/N-ethyl adjacent to an activating group) is 1. The summed E-state index contributed by atoms with van der Waals surface area (Å²) in [5.74, 6) is 0.686. The van der Waals surface area contributed by atoms with Crippen molar-refractivity contribution >= 4 is 22.3 Å². The number of thiazole rings is 1. The van der Waals surface area contributed by atoms with Gasteiger partial charge in [0.05, 0.1) is 10.6 Å². The first-order valence-electron chi connectivity index (χ1n) is 6.69. The largest absolute Gasteiger partial charge is 0.347 e. The fourth-order valence-corrected chi connectivity index (χ4v) is 2.87. The predicted octanol–water partition coefficient (Wildman–Crippen LogP) is 2.68. The van der Waals surface area contributed by atoms with E-state index in [0.717, 1.165) is 35.3 Å². The van der Waals surface area contributed by atoms with Crippen molar-refractivity contribution in [1.82, 2.24) is 9.88 Å². The van der Waals surface area contributed by atoms with E-state index in [9.17, 15) is 4.79 Å². The summed E-state index contributed by atoms with van der Waals surface area (Å²) in [6, 6.07) is 0. The van der Waals surface area contributed by atoms with E-state index in [1.807, 2.05) is 6.92 Å². The first-order valence-corrected chi connectivity index (χ1v) is 7.51. The average Bonchev–Trinajstić information content (AvgIpc) is 2.65. The molecule has 0 aromatic carbocycles. The maximum Gasteiger partial charge on any atom is 0.186 e. The molecule has 0 aliphatic heterocycles. The van der Waals surface area contributed by atoms with Crippen molar-refractivity contribution < 1.29 is 4.79 Å². The number of hydrogen-bond donors (Lipinski definition) is 0. The Balaban J connectivity index is 2.90. The molecule has 0 spiro atoms. The molecule has 0 fully saturated rings. The number of anilines is 1. The Bertz CT molecular complexity index is 426. The van der Waals surface area contributed by atoms with Crippen LogP contribution in [-0.2, 0) is 0 Å². The third-order valence-corrected chi connectivity index (χ3v) is 4.10. The summed E-state index contributed by atoms with van der Waals surface area (Å²) in [6.45, 7) is 10.8. The van der Waals surface area contributed by atoms with E-state index in [0.29, 0.717) is 5.92 Å². The minimum absolute atomic E-state index is 0.110. The van der Waals surface area contributed by atoms with Crippen LogP contribution in [0.15, 0.2) is 0 Å². The Morgan fingerprint density at radius 1 is 1.32 bits per heavy atom. The van der Waals surface area contributed by atoms with Crippen LogP contribution in [0.3, 0.4) is 0 Å². The van der Waals surface area contributed by atoms with Crippen LogP contribution in [0, 0.1) is 12.8 Å². The number of carbonyl (C=O) groups excluding carboxylic acids is 1. The van der Waals surface area contributed by atoms with Gasteiger partial charge in [0.15, 0.2) is 10.9 Å². The summed E-state index contributed by atoms with van der Waals surface area (Å²) < 4.78 is 0. The molecule has 1 rings (SSSR count). The lowest BCUT2D eigenvalue weighted by molar-refractivity contribution is 0.102. The maximum atomic E-state index is 11.5. The molecule has 1 aromatic rings. The molecule has 0 saturated heterocycles. The van der Waals surface area contributed by atoms with Gasteiger partial charge in [-0.2, -0.15) is 0 Å². The van der Waals surface area contributed by atoms with Crippen LogP contribution in [0.5, 0.6) is 0 Å². The first kappa shape index (κ1) is 16.1. The van der Waals surface area contributed by atoms with Crippen LogP contribution >= 0.6 is 11.3 Å². The Hall–Kier alpha value is -0.940. The number of hydrogen-bond acceptors (Lipinski definition) is 5. The summed E-state index contributed by atoms with van der Waals surface area (Å²) in [5.41, 5.74) is 0.853. The van der Waals surface area contributed by atoms with Crippen LogP contribution in [0.1, 0.15) is 36.1 Å². The lowest BCUT2D eigenvalue weighted by Gasteiger charge is -2.25. The molecular weight excluding hydrogens is 258 g/mol. The topological polar surface area (TPSA) is 36.4 Å². The molecule has 0 atom stereocenters. The van der Waals surface area contributed by atoms with Crippen molar-refractivity contribution in [3.63, 3.8) is 0 Å². The van der Waals surface area contributed by atoms with Crippen LogP contribution in [0.25, 0.3) is 0 Å². The minimum atomic E-state index is 0.110. The Morgan fingerprint density at radius 2 is 1.95 bits per heavy atom. The second-order valence-electron chi connectivity index (χ2n) is 5.61. The Morgan fingerprint density at radius 3 is 2.37 bits per heavy atom. The number of aryl methyl sites for hydroxylation is 1. The fourth-order valence-electron chi connectivity index (χ4n) is 1.87. The van der Waals surface area contributed by atoms with Crippen LogP contribution < -0.4 is 4.90 Å². The molecule has 0 bridgehead atoms. The quantitative estimate of drug-likeness (QED) is 0.721. The van der Waals surface area contributed by atoms with Crippen LogP contribution in [0.2, 0.25) is 0 Å². The van der Waals surface area contributed by atoms with Gasteiger partial charge >= 0.3 is 0 Å². The highest BCUT2D eigenvalue weighted by atomic mass is 32.1. The lowest BCUT2D eigenvalue weighted by atomic mass is 10.2. The molecule has 1 heterocycles. The molecule has 1 aromatic heterocycles. The molecule has 108 valence electrons. The molecular formula is C14H25N3OS. The normalized spacial score (nSPS) is 11.4. The van der Waals surface area contributed by atoms with E-state index in [1.165, 1.54) is 11.3 Å². The molecule has 0 amide bonds. The van der Waals surface area contributed by atoms with Crippen molar-refractivity contribution in [3.8, 4) is 0 Å². The van der Waals surface area contributed by atoms with Crippen LogP contribution in [-0.4, -0.2) is 49.4 Å². The van der Waals surface area contributed by atoms with Crippen molar-refractivity contribution in [2.45, 2.75) is 27.7 Å². The highest BCUT2D eigenvalue weighted by molar-refractivity contribution is 7.17. The van der Waals surface area contributed by atoms with Gasteiger partial charge in [-0.25, -0.2) is 4.98 Å². The number of ketones is 1. The van der Waals surface area contributed by atoms with Gasteiger partial charge in [-0.1, -0.05) is 25.2 Å². The molecule has 4 nitrogen and oxygen atoms in total. The van der Waals surface area contributed by atoms with Gasteiger partial charge < -0.3 is 9.80 Å². The maximum absolute atomic E-state index is 11.5. The van der Waals surface area contributed by atoms with E-state index in [1.54, 1.807) is 6.92 Å². The van der Waals surface area contributed by atoms with Gasteiger partial charge in [-0.05, 0) is 26.9 Å². The summed E-state index contributed by atoms with van der Waals surface area (Å²) in [7, 11) is 4.14. The monoisotopic (exact) mass is 283 g/mol. The Kier molecular flexibility index (Phi) is 5.94. The molecule has 0 unspecified atom stereocenters. The van der Waals surface area contributed by atoms with E-state index >= 15 is 0 Å². The zero-order valence-electron chi connectivity index (χ0n) is 12.9. The molecule has 0 radical (unpaired) electrons. The van der Waals surface area contributed by atoms with Gasteiger partial charge in [0.1, 0.15) is 0 Å². The summed E-state index contributed by atoms with van der Waals surface area (Å²) in [5, 5.41) is 0.971. The number of carbonyl (C=O) groups is 1. The average molecular weight is 283 g/mol. The zero-order valence-corrected chi connectivity index (χ0v) is 13.7. The second kappa shape index (κ2) is 7.01. The third kappa shape index (κ3) is 4.91. The van der Waals surface area contributed by atoms with E-state index in [2.05, 4.69) is 42.7 Å². The number of Topliss-reactive ketones (excluding diaryl/α,β-unsaturated/α-hetero) is 1. The van der Waals surface area contributed by atoms with E-state index in [4.69, 9.17) is 0 Å². The van der Waals surface area contributed by atoms with Gasteiger partial charge in [0, 0.05) is 26.6 Å². The van der Waals surface area contributed by atoms with Gasteiger partial charge in [0.2, 0.25) is 0 Å². The van der Waals surface area contributed by atoms with E-state index in [-0.39, 0.29) is 5.78 Å². The van der Waals surface area contributed by atoms with Crippen molar-refractivity contribution in [1.29, 1.82) is 0 Å². The molecule has 0 saturated carbocycles. The summed E-state index contributed by atoms with van der Waals surface area (Å²) >= 11 is 1.52. The van der Waals surface area contributed by atoms with E-state index < -0.39 is 0 Å².